The lowest BCUT2D eigenvalue weighted by atomic mass is 10.1. The molecule has 78 valence electrons. The maximum absolute atomic E-state index is 11.8. The maximum atomic E-state index is 11.8. The minimum Gasteiger partial charge on any atom is -0.435 e. The molecule has 1 unspecified atom stereocenters. The van der Waals surface area contributed by atoms with Crippen molar-refractivity contribution in [2.45, 2.75) is 12.7 Å². The summed E-state index contributed by atoms with van der Waals surface area (Å²) in [7, 11) is 0. The van der Waals surface area contributed by atoms with E-state index in [1.807, 2.05) is 0 Å². The van der Waals surface area contributed by atoms with Crippen LogP contribution in [0.2, 0.25) is 0 Å². The van der Waals surface area contributed by atoms with Gasteiger partial charge < -0.3 is 9.84 Å². The van der Waals surface area contributed by atoms with E-state index in [1.165, 1.54) is 18.2 Å². The smallest absolute Gasteiger partial charge is 0.387 e. The third-order valence-corrected chi connectivity index (χ3v) is 1.91. The van der Waals surface area contributed by atoms with Gasteiger partial charge in [-0.15, -0.1) is 11.6 Å². The Balaban J connectivity index is 2.78. The van der Waals surface area contributed by atoms with Crippen LogP contribution in [-0.2, 0) is 0 Å². The molecule has 0 heterocycles. The lowest BCUT2D eigenvalue weighted by Gasteiger charge is -2.09. The molecule has 0 radical (unpaired) electrons. The minimum absolute atomic E-state index is 0.0120. The molecule has 0 aromatic heterocycles. The van der Waals surface area contributed by atoms with E-state index in [2.05, 4.69) is 4.74 Å². The monoisotopic (exact) mass is 222 g/mol. The van der Waals surface area contributed by atoms with Crippen molar-refractivity contribution in [3.8, 4) is 5.75 Å². The van der Waals surface area contributed by atoms with Crippen LogP contribution in [0.1, 0.15) is 11.7 Å². The average Bonchev–Trinajstić information content (AvgIpc) is 2.16. The zero-order chi connectivity index (χ0) is 10.6. The van der Waals surface area contributed by atoms with Gasteiger partial charge in [0.15, 0.2) is 0 Å². The molecular formula is C9H9ClF2O2. The number of aliphatic hydroxyl groups is 1. The second-order valence-electron chi connectivity index (χ2n) is 2.62. The van der Waals surface area contributed by atoms with Crippen molar-refractivity contribution >= 4 is 11.6 Å². The number of aliphatic hydroxyl groups excluding tert-OH is 1. The standard InChI is InChI=1S/C9H9ClF2O2/c10-5-8(13)6-2-1-3-7(4-6)14-9(11)12/h1-4,8-9,13H,5H2. The lowest BCUT2D eigenvalue weighted by Crippen LogP contribution is -2.03. The molecule has 0 aliphatic heterocycles. The summed E-state index contributed by atoms with van der Waals surface area (Å²) >= 11 is 5.41. The summed E-state index contributed by atoms with van der Waals surface area (Å²) in [5.41, 5.74) is 0.457. The number of hydrogen-bond donors (Lipinski definition) is 1. The number of hydrogen-bond acceptors (Lipinski definition) is 2. The first-order valence-corrected chi connectivity index (χ1v) is 4.45. The van der Waals surface area contributed by atoms with Crippen molar-refractivity contribution in [1.82, 2.24) is 0 Å². The van der Waals surface area contributed by atoms with Crippen molar-refractivity contribution in [2.24, 2.45) is 0 Å². The molecule has 1 N–H and O–H groups in total. The Morgan fingerprint density at radius 3 is 2.71 bits per heavy atom. The van der Waals surface area contributed by atoms with E-state index < -0.39 is 12.7 Å². The quantitative estimate of drug-likeness (QED) is 0.794. The zero-order valence-corrected chi connectivity index (χ0v) is 7.92. The summed E-state index contributed by atoms with van der Waals surface area (Å²) in [6.45, 7) is -2.86. The predicted octanol–water partition coefficient (Wildman–Crippen LogP) is 2.56. The molecule has 1 aromatic rings. The van der Waals surface area contributed by atoms with Crippen LogP contribution >= 0.6 is 11.6 Å². The van der Waals surface area contributed by atoms with E-state index in [0.717, 1.165) is 0 Å². The summed E-state index contributed by atoms with van der Waals surface area (Å²) in [4.78, 5) is 0. The molecule has 0 aliphatic carbocycles. The predicted molar refractivity (Wildman–Crippen MR) is 48.8 cm³/mol. The summed E-state index contributed by atoms with van der Waals surface area (Å²) < 4.78 is 27.8. The van der Waals surface area contributed by atoms with E-state index in [0.29, 0.717) is 5.56 Å². The van der Waals surface area contributed by atoms with Gasteiger partial charge in [-0.25, -0.2) is 0 Å². The van der Waals surface area contributed by atoms with Gasteiger partial charge >= 0.3 is 6.61 Å². The second-order valence-corrected chi connectivity index (χ2v) is 2.93. The van der Waals surface area contributed by atoms with E-state index >= 15 is 0 Å². The molecule has 0 bridgehead atoms. The largest absolute Gasteiger partial charge is 0.435 e. The van der Waals surface area contributed by atoms with E-state index in [9.17, 15) is 13.9 Å². The van der Waals surface area contributed by atoms with Crippen molar-refractivity contribution in [3.63, 3.8) is 0 Å². The van der Waals surface area contributed by atoms with E-state index in [1.54, 1.807) is 6.07 Å². The molecule has 0 spiro atoms. The molecule has 0 amide bonds. The summed E-state index contributed by atoms with van der Waals surface area (Å²) in [6, 6.07) is 5.82. The highest BCUT2D eigenvalue weighted by atomic mass is 35.5. The van der Waals surface area contributed by atoms with Crippen molar-refractivity contribution in [3.05, 3.63) is 29.8 Å². The molecule has 0 saturated heterocycles. The highest BCUT2D eigenvalue weighted by Gasteiger charge is 2.08. The van der Waals surface area contributed by atoms with Crippen LogP contribution in [-0.4, -0.2) is 17.6 Å². The van der Waals surface area contributed by atoms with Crippen LogP contribution in [0.25, 0.3) is 0 Å². The van der Waals surface area contributed by atoms with Gasteiger partial charge in [0.2, 0.25) is 0 Å². The van der Waals surface area contributed by atoms with E-state index in [-0.39, 0.29) is 11.6 Å². The van der Waals surface area contributed by atoms with Crippen LogP contribution in [0, 0.1) is 0 Å². The topological polar surface area (TPSA) is 29.5 Å². The van der Waals surface area contributed by atoms with Gasteiger partial charge in [-0.1, -0.05) is 12.1 Å². The van der Waals surface area contributed by atoms with Crippen molar-refractivity contribution < 1.29 is 18.6 Å². The Morgan fingerprint density at radius 1 is 1.43 bits per heavy atom. The van der Waals surface area contributed by atoms with Crippen molar-refractivity contribution in [2.75, 3.05) is 5.88 Å². The third-order valence-electron chi connectivity index (χ3n) is 1.61. The number of alkyl halides is 3. The van der Waals surface area contributed by atoms with Crippen LogP contribution < -0.4 is 4.74 Å². The van der Waals surface area contributed by atoms with Crippen LogP contribution in [0.4, 0.5) is 8.78 Å². The molecule has 0 aliphatic rings. The third kappa shape index (κ3) is 3.12. The molecule has 1 rings (SSSR count). The Bertz CT molecular complexity index is 294. The molecule has 1 atom stereocenters. The second kappa shape index (κ2) is 5.12. The molecular weight excluding hydrogens is 214 g/mol. The number of rotatable bonds is 4. The summed E-state index contributed by atoms with van der Waals surface area (Å²) in [5, 5.41) is 9.31. The molecule has 1 aromatic carbocycles. The first-order chi connectivity index (χ1) is 6.63. The average molecular weight is 223 g/mol. The minimum atomic E-state index is -2.86. The fourth-order valence-corrected chi connectivity index (χ4v) is 1.17. The lowest BCUT2D eigenvalue weighted by molar-refractivity contribution is -0.0499. The molecule has 0 fully saturated rings. The van der Waals surface area contributed by atoms with Gasteiger partial charge in [0.1, 0.15) is 5.75 Å². The van der Waals surface area contributed by atoms with Crippen LogP contribution in [0.5, 0.6) is 5.75 Å². The van der Waals surface area contributed by atoms with Crippen LogP contribution in [0.3, 0.4) is 0 Å². The highest BCUT2D eigenvalue weighted by Crippen LogP contribution is 2.21. The Morgan fingerprint density at radius 2 is 2.14 bits per heavy atom. The van der Waals surface area contributed by atoms with Gasteiger partial charge in [0, 0.05) is 0 Å². The Hall–Kier alpha value is -0.870. The highest BCUT2D eigenvalue weighted by molar-refractivity contribution is 6.18. The SMILES string of the molecule is OC(CCl)c1cccc(OC(F)F)c1. The first kappa shape index (κ1) is 11.2. The Labute approximate surface area is 85.1 Å². The molecule has 0 saturated carbocycles. The zero-order valence-electron chi connectivity index (χ0n) is 7.16. The van der Waals surface area contributed by atoms with Gasteiger partial charge in [-0.2, -0.15) is 8.78 Å². The fraction of sp³-hybridized carbons (Fsp3) is 0.333. The van der Waals surface area contributed by atoms with Gasteiger partial charge in [-0.3, -0.25) is 0 Å². The molecule has 5 heteroatoms. The normalized spacial score (nSPS) is 12.9. The van der Waals surface area contributed by atoms with Crippen LogP contribution in [0.15, 0.2) is 24.3 Å². The van der Waals surface area contributed by atoms with Crippen molar-refractivity contribution in [1.29, 1.82) is 0 Å². The summed E-state index contributed by atoms with van der Waals surface area (Å²) in [5.74, 6) is 0.0275. The van der Waals surface area contributed by atoms with Gasteiger partial charge in [0.05, 0.1) is 12.0 Å². The number of benzene rings is 1. The number of ether oxygens (including phenoxy) is 1. The van der Waals surface area contributed by atoms with Gasteiger partial charge in [0.25, 0.3) is 0 Å². The summed E-state index contributed by atoms with van der Waals surface area (Å²) in [6.07, 6.45) is -0.863. The first-order valence-electron chi connectivity index (χ1n) is 3.92. The molecule has 2 nitrogen and oxygen atoms in total. The maximum Gasteiger partial charge on any atom is 0.387 e. The number of halogens is 3. The molecule has 14 heavy (non-hydrogen) atoms. The fourth-order valence-electron chi connectivity index (χ4n) is 0.987. The van der Waals surface area contributed by atoms with Gasteiger partial charge in [-0.05, 0) is 17.7 Å². The van der Waals surface area contributed by atoms with E-state index in [4.69, 9.17) is 11.6 Å². The Kier molecular flexibility index (Phi) is 4.10.